The largest absolute Gasteiger partial charge is 0.494 e. The number of nitrogens with zero attached hydrogens (tertiary/aromatic N) is 3. The predicted molar refractivity (Wildman–Crippen MR) is 89.7 cm³/mol. The Bertz CT molecular complexity index is 696. The molecule has 0 N–H and O–H groups in total. The maximum Gasteiger partial charge on any atom is 0.253 e. The summed E-state index contributed by atoms with van der Waals surface area (Å²) >= 11 is 0. The number of unbranched alkanes of at least 4 members (excludes halogenated alkanes) is 1. The molecular weight excluding hydrogens is 290 g/mol. The second-order valence-electron chi connectivity index (χ2n) is 5.37. The minimum absolute atomic E-state index is 0.0384. The van der Waals surface area contributed by atoms with Gasteiger partial charge in [-0.05, 0) is 42.8 Å². The molecule has 5 heteroatoms. The van der Waals surface area contributed by atoms with E-state index in [1.54, 1.807) is 12.4 Å². The van der Waals surface area contributed by atoms with Crippen molar-refractivity contribution in [2.75, 3.05) is 11.6 Å². The van der Waals surface area contributed by atoms with E-state index in [0.29, 0.717) is 13.0 Å². The Morgan fingerprint density at radius 3 is 2.74 bits per heavy atom. The highest BCUT2D eigenvalue weighted by Gasteiger charge is 2.26. The first kappa shape index (κ1) is 15.2. The molecule has 0 unspecified atom stereocenters. The number of pyridine rings is 1. The lowest BCUT2D eigenvalue weighted by atomic mass is 10.1. The smallest absolute Gasteiger partial charge is 0.253 e. The molecule has 0 radical (unpaired) electrons. The van der Waals surface area contributed by atoms with Crippen molar-refractivity contribution in [1.29, 1.82) is 0 Å². The number of aromatic nitrogens is 1. The molecule has 0 atom stereocenters. The summed E-state index contributed by atoms with van der Waals surface area (Å²) in [5.41, 5.74) is 2.37. The van der Waals surface area contributed by atoms with Crippen molar-refractivity contribution in [2.45, 2.75) is 26.2 Å². The van der Waals surface area contributed by atoms with Crippen molar-refractivity contribution in [3.63, 3.8) is 0 Å². The lowest BCUT2D eigenvalue weighted by Crippen LogP contribution is -2.19. The molecule has 0 fully saturated rings. The third kappa shape index (κ3) is 3.56. The molecule has 0 aliphatic carbocycles. The van der Waals surface area contributed by atoms with E-state index in [-0.39, 0.29) is 5.91 Å². The Hall–Kier alpha value is -2.69. The molecule has 1 aromatic carbocycles. The van der Waals surface area contributed by atoms with Crippen LogP contribution in [0.15, 0.2) is 53.9 Å². The summed E-state index contributed by atoms with van der Waals surface area (Å²) in [4.78, 5) is 16.3. The van der Waals surface area contributed by atoms with Gasteiger partial charge in [-0.15, -0.1) is 0 Å². The van der Waals surface area contributed by atoms with Crippen LogP contribution in [0.1, 0.15) is 31.7 Å². The zero-order chi connectivity index (χ0) is 16.1. The van der Waals surface area contributed by atoms with Gasteiger partial charge in [-0.25, -0.2) is 5.01 Å². The summed E-state index contributed by atoms with van der Waals surface area (Å²) in [5, 5.41) is 5.88. The lowest BCUT2D eigenvalue weighted by molar-refractivity contribution is -0.116. The molecule has 0 bridgehead atoms. The molecule has 3 rings (SSSR count). The lowest BCUT2D eigenvalue weighted by Gasteiger charge is -2.12. The standard InChI is InChI=1S/C18H19N3O2/c1-2-3-11-23-16-8-6-15(7-9-16)21-18(22)12-17(20-21)14-5-4-10-19-13-14/h4-10,13H,2-3,11-12H2,1H3. The van der Waals surface area contributed by atoms with Crippen LogP contribution in [0.4, 0.5) is 5.69 Å². The molecule has 1 aromatic heterocycles. The highest BCUT2D eigenvalue weighted by molar-refractivity contribution is 6.19. The second kappa shape index (κ2) is 7.05. The van der Waals surface area contributed by atoms with Crippen molar-refractivity contribution in [3.05, 3.63) is 54.4 Å². The Balaban J connectivity index is 1.73. The summed E-state index contributed by atoms with van der Waals surface area (Å²) in [6.45, 7) is 2.84. The van der Waals surface area contributed by atoms with E-state index in [1.165, 1.54) is 5.01 Å². The molecular formula is C18H19N3O2. The second-order valence-corrected chi connectivity index (χ2v) is 5.37. The van der Waals surface area contributed by atoms with Crippen LogP contribution in [0.25, 0.3) is 0 Å². The first-order valence-corrected chi connectivity index (χ1v) is 7.81. The van der Waals surface area contributed by atoms with Crippen molar-refractivity contribution in [2.24, 2.45) is 5.10 Å². The van der Waals surface area contributed by atoms with Crippen LogP contribution in [-0.4, -0.2) is 23.2 Å². The van der Waals surface area contributed by atoms with Gasteiger partial charge >= 0.3 is 0 Å². The van der Waals surface area contributed by atoms with Gasteiger partial charge < -0.3 is 4.74 Å². The number of carbonyl (C=O) groups excluding carboxylic acids is 1. The van der Waals surface area contributed by atoms with E-state index >= 15 is 0 Å². The van der Waals surface area contributed by atoms with E-state index in [9.17, 15) is 4.79 Å². The average molecular weight is 309 g/mol. The molecule has 0 spiro atoms. The molecule has 5 nitrogen and oxygen atoms in total. The summed E-state index contributed by atoms with van der Waals surface area (Å²) in [6, 6.07) is 11.2. The Morgan fingerprint density at radius 1 is 1.22 bits per heavy atom. The van der Waals surface area contributed by atoms with E-state index < -0.39 is 0 Å². The molecule has 2 aromatic rings. The first-order valence-electron chi connectivity index (χ1n) is 7.81. The zero-order valence-corrected chi connectivity index (χ0v) is 13.1. The van der Waals surface area contributed by atoms with E-state index in [0.717, 1.165) is 35.6 Å². The average Bonchev–Trinajstić information content (AvgIpc) is 2.98. The Morgan fingerprint density at radius 2 is 2.04 bits per heavy atom. The monoisotopic (exact) mass is 309 g/mol. The predicted octanol–water partition coefficient (Wildman–Crippen LogP) is 3.40. The van der Waals surface area contributed by atoms with Crippen LogP contribution < -0.4 is 9.75 Å². The first-order chi connectivity index (χ1) is 11.3. The molecule has 1 aliphatic heterocycles. The summed E-state index contributed by atoms with van der Waals surface area (Å²) in [5.74, 6) is 0.772. The van der Waals surface area contributed by atoms with Crippen LogP contribution in [0.5, 0.6) is 5.75 Å². The van der Waals surface area contributed by atoms with Gasteiger partial charge in [0.25, 0.3) is 5.91 Å². The number of rotatable bonds is 6. The van der Waals surface area contributed by atoms with Crippen LogP contribution in [0, 0.1) is 0 Å². The molecule has 23 heavy (non-hydrogen) atoms. The maximum absolute atomic E-state index is 12.2. The number of amides is 1. The van der Waals surface area contributed by atoms with Crippen LogP contribution in [-0.2, 0) is 4.79 Å². The Labute approximate surface area is 135 Å². The van der Waals surface area contributed by atoms with Gasteiger partial charge in [0, 0.05) is 18.0 Å². The third-order valence-corrected chi connectivity index (χ3v) is 3.62. The van der Waals surface area contributed by atoms with Gasteiger partial charge in [0.1, 0.15) is 5.75 Å². The third-order valence-electron chi connectivity index (χ3n) is 3.62. The van der Waals surface area contributed by atoms with Gasteiger partial charge in [0.05, 0.1) is 24.4 Å². The van der Waals surface area contributed by atoms with Crippen LogP contribution in [0.2, 0.25) is 0 Å². The molecule has 0 saturated carbocycles. The molecule has 2 heterocycles. The number of anilines is 1. The fourth-order valence-corrected chi connectivity index (χ4v) is 2.34. The molecule has 0 saturated heterocycles. The number of benzene rings is 1. The molecule has 1 aliphatic rings. The Kier molecular flexibility index (Phi) is 4.66. The van der Waals surface area contributed by atoms with E-state index in [4.69, 9.17) is 4.74 Å². The maximum atomic E-state index is 12.2. The van der Waals surface area contributed by atoms with Gasteiger partial charge in [0.2, 0.25) is 0 Å². The minimum Gasteiger partial charge on any atom is -0.494 e. The highest BCUT2D eigenvalue weighted by atomic mass is 16.5. The highest BCUT2D eigenvalue weighted by Crippen LogP contribution is 2.25. The van der Waals surface area contributed by atoms with Crippen LogP contribution in [0.3, 0.4) is 0 Å². The van der Waals surface area contributed by atoms with Crippen molar-refractivity contribution < 1.29 is 9.53 Å². The number of hydrogen-bond donors (Lipinski definition) is 0. The molecule has 118 valence electrons. The molecule has 1 amide bonds. The van der Waals surface area contributed by atoms with E-state index in [1.807, 2.05) is 36.4 Å². The fourth-order valence-electron chi connectivity index (χ4n) is 2.34. The quantitative estimate of drug-likeness (QED) is 0.768. The summed E-state index contributed by atoms with van der Waals surface area (Å²) in [6.07, 6.45) is 5.86. The van der Waals surface area contributed by atoms with Gasteiger partial charge in [-0.1, -0.05) is 13.3 Å². The van der Waals surface area contributed by atoms with Gasteiger partial charge in [0.15, 0.2) is 0 Å². The van der Waals surface area contributed by atoms with Crippen LogP contribution >= 0.6 is 0 Å². The number of carbonyl (C=O) groups is 1. The number of hydrogen-bond acceptors (Lipinski definition) is 4. The van der Waals surface area contributed by atoms with Gasteiger partial charge in [-0.3, -0.25) is 9.78 Å². The fraction of sp³-hybridized carbons (Fsp3) is 0.278. The van der Waals surface area contributed by atoms with Crippen molar-refractivity contribution >= 4 is 17.3 Å². The number of hydrazone groups is 1. The minimum atomic E-state index is -0.0384. The summed E-state index contributed by atoms with van der Waals surface area (Å²) in [7, 11) is 0. The topological polar surface area (TPSA) is 54.8 Å². The van der Waals surface area contributed by atoms with Gasteiger partial charge in [-0.2, -0.15) is 5.10 Å². The zero-order valence-electron chi connectivity index (χ0n) is 13.1. The SMILES string of the molecule is CCCCOc1ccc(N2N=C(c3cccnc3)CC2=O)cc1. The van der Waals surface area contributed by atoms with Crippen molar-refractivity contribution in [3.8, 4) is 5.75 Å². The van der Waals surface area contributed by atoms with Crippen molar-refractivity contribution in [1.82, 2.24) is 4.98 Å². The van der Waals surface area contributed by atoms with E-state index in [2.05, 4.69) is 17.0 Å². The summed E-state index contributed by atoms with van der Waals surface area (Å²) < 4.78 is 5.63. The number of ether oxygens (including phenoxy) is 1. The normalized spacial score (nSPS) is 14.0.